The number of benzene rings is 1. The molecule has 0 aliphatic rings. The van der Waals surface area contributed by atoms with Crippen LogP contribution in [0.3, 0.4) is 0 Å². The predicted octanol–water partition coefficient (Wildman–Crippen LogP) is 2.97. The summed E-state index contributed by atoms with van der Waals surface area (Å²) in [5.74, 6) is 0.354. The van der Waals surface area contributed by atoms with Crippen molar-refractivity contribution in [1.82, 2.24) is 0 Å². The topological polar surface area (TPSA) is 20.2 Å². The van der Waals surface area contributed by atoms with E-state index in [1.54, 1.807) is 6.07 Å². The maximum atomic E-state index is 9.45. The largest absolute Gasteiger partial charge is 0.507 e. The Morgan fingerprint density at radius 2 is 1.73 bits per heavy atom. The van der Waals surface area contributed by atoms with Crippen molar-refractivity contribution in [3.63, 3.8) is 0 Å². The number of aromatic hydroxyl groups is 1. The number of aryl methyl sites for hydroxylation is 1. The number of rotatable bonds is 0. The highest BCUT2D eigenvalue weighted by Gasteiger charge is 2.06. The van der Waals surface area contributed by atoms with Crippen LogP contribution in [0.5, 0.6) is 5.75 Å². The molecule has 0 saturated carbocycles. The van der Waals surface area contributed by atoms with Crippen molar-refractivity contribution < 1.29 is 5.11 Å². The fourth-order valence-corrected chi connectivity index (χ4v) is 1.32. The molecule has 2 heteroatoms. The van der Waals surface area contributed by atoms with E-state index < -0.39 is 0 Å². The first-order chi connectivity index (χ1) is 5.04. The Balaban J connectivity index is 3.46. The van der Waals surface area contributed by atoms with Crippen LogP contribution in [0.15, 0.2) is 6.07 Å². The van der Waals surface area contributed by atoms with E-state index in [0.717, 1.165) is 21.7 Å². The quantitative estimate of drug-likeness (QED) is 0.635. The van der Waals surface area contributed by atoms with Gasteiger partial charge in [-0.2, -0.15) is 0 Å². The summed E-state index contributed by atoms with van der Waals surface area (Å²) < 4.78 is 0. The fourth-order valence-electron chi connectivity index (χ4n) is 1.02. The number of phenolic OH excluding ortho intramolecular Hbond substituents is 1. The minimum Gasteiger partial charge on any atom is -0.507 e. The molecule has 0 spiro atoms. The Morgan fingerprint density at radius 1 is 1.18 bits per heavy atom. The molecule has 1 aromatic carbocycles. The highest BCUT2D eigenvalue weighted by Crippen LogP contribution is 2.29. The molecule has 0 saturated heterocycles. The zero-order valence-electron chi connectivity index (χ0n) is 6.90. The Kier molecular flexibility index (Phi) is 2.10. The van der Waals surface area contributed by atoms with Crippen molar-refractivity contribution in [2.24, 2.45) is 0 Å². The molecule has 0 aromatic heterocycles. The number of hydrogen-bond acceptors (Lipinski definition) is 1. The van der Waals surface area contributed by atoms with Crippen LogP contribution in [0, 0.1) is 20.8 Å². The molecule has 0 heterocycles. The maximum absolute atomic E-state index is 9.45. The smallest absolute Gasteiger partial charge is 0.121 e. The van der Waals surface area contributed by atoms with Crippen LogP contribution >= 0.6 is 11.6 Å². The second-order valence-corrected chi connectivity index (χ2v) is 3.18. The van der Waals surface area contributed by atoms with Gasteiger partial charge in [0.1, 0.15) is 5.75 Å². The minimum atomic E-state index is 0.354. The normalized spacial score (nSPS) is 10.2. The van der Waals surface area contributed by atoms with E-state index in [2.05, 4.69) is 0 Å². The lowest BCUT2D eigenvalue weighted by atomic mass is 10.1. The van der Waals surface area contributed by atoms with E-state index in [1.807, 2.05) is 20.8 Å². The molecule has 0 fully saturated rings. The maximum Gasteiger partial charge on any atom is 0.121 e. The zero-order valence-corrected chi connectivity index (χ0v) is 7.66. The number of halogens is 1. The van der Waals surface area contributed by atoms with Gasteiger partial charge in [0.05, 0.1) is 0 Å². The predicted molar refractivity (Wildman–Crippen MR) is 47.3 cm³/mol. The molecule has 11 heavy (non-hydrogen) atoms. The van der Waals surface area contributed by atoms with E-state index in [9.17, 15) is 5.11 Å². The summed E-state index contributed by atoms with van der Waals surface area (Å²) in [6, 6.07) is 1.78. The van der Waals surface area contributed by atoms with Gasteiger partial charge in [0.25, 0.3) is 0 Å². The summed E-state index contributed by atoms with van der Waals surface area (Å²) in [5, 5.41) is 10.2. The molecular weight excluding hydrogens is 160 g/mol. The molecule has 1 nitrogen and oxygen atoms in total. The Hall–Kier alpha value is -0.690. The Morgan fingerprint density at radius 3 is 2.27 bits per heavy atom. The summed E-state index contributed by atoms with van der Waals surface area (Å²) in [6.07, 6.45) is 0. The summed E-state index contributed by atoms with van der Waals surface area (Å²) in [4.78, 5) is 0. The van der Waals surface area contributed by atoms with Gasteiger partial charge >= 0.3 is 0 Å². The summed E-state index contributed by atoms with van der Waals surface area (Å²) >= 11 is 5.88. The summed E-state index contributed by atoms with van der Waals surface area (Å²) in [7, 11) is 0. The molecule has 0 unspecified atom stereocenters. The average Bonchev–Trinajstić information content (AvgIpc) is 1.97. The van der Waals surface area contributed by atoms with Crippen molar-refractivity contribution in [2.45, 2.75) is 20.8 Å². The third-order valence-corrected chi connectivity index (χ3v) is 2.39. The van der Waals surface area contributed by atoms with Gasteiger partial charge < -0.3 is 5.11 Å². The van der Waals surface area contributed by atoms with Gasteiger partial charge in [-0.15, -0.1) is 0 Å². The second kappa shape index (κ2) is 2.74. The van der Waals surface area contributed by atoms with Crippen molar-refractivity contribution in [1.29, 1.82) is 0 Å². The van der Waals surface area contributed by atoms with Crippen molar-refractivity contribution >= 4 is 11.6 Å². The first-order valence-corrected chi connectivity index (χ1v) is 3.87. The van der Waals surface area contributed by atoms with Crippen LogP contribution in [0.4, 0.5) is 0 Å². The highest BCUT2D eigenvalue weighted by atomic mass is 35.5. The second-order valence-electron chi connectivity index (χ2n) is 2.77. The van der Waals surface area contributed by atoms with E-state index in [1.165, 1.54) is 0 Å². The zero-order chi connectivity index (χ0) is 8.59. The van der Waals surface area contributed by atoms with Crippen LogP contribution < -0.4 is 0 Å². The van der Waals surface area contributed by atoms with E-state index in [0.29, 0.717) is 5.75 Å². The molecule has 0 atom stereocenters. The number of hydrogen-bond donors (Lipinski definition) is 1. The highest BCUT2D eigenvalue weighted by molar-refractivity contribution is 6.31. The lowest BCUT2D eigenvalue weighted by Gasteiger charge is -2.07. The molecule has 0 amide bonds. The molecule has 0 aliphatic heterocycles. The summed E-state index contributed by atoms with van der Waals surface area (Å²) in [5.41, 5.74) is 2.66. The average molecular weight is 171 g/mol. The van der Waals surface area contributed by atoms with Crippen LogP contribution in [-0.2, 0) is 0 Å². The van der Waals surface area contributed by atoms with Crippen LogP contribution in [-0.4, -0.2) is 5.11 Å². The van der Waals surface area contributed by atoms with E-state index in [-0.39, 0.29) is 0 Å². The van der Waals surface area contributed by atoms with Crippen LogP contribution in [0.1, 0.15) is 16.7 Å². The lowest BCUT2D eigenvalue weighted by Crippen LogP contribution is -1.86. The first-order valence-electron chi connectivity index (χ1n) is 3.49. The first kappa shape index (κ1) is 8.41. The van der Waals surface area contributed by atoms with Crippen molar-refractivity contribution in [3.05, 3.63) is 27.8 Å². The lowest BCUT2D eigenvalue weighted by molar-refractivity contribution is 0.466. The molecule has 60 valence electrons. The molecular formula is C9H11ClO. The molecule has 1 rings (SSSR count). The van der Waals surface area contributed by atoms with E-state index in [4.69, 9.17) is 11.6 Å². The van der Waals surface area contributed by atoms with Crippen molar-refractivity contribution in [3.8, 4) is 5.75 Å². The van der Waals surface area contributed by atoms with Gasteiger partial charge in [-0.3, -0.25) is 0 Å². The van der Waals surface area contributed by atoms with Crippen LogP contribution in [0.2, 0.25) is 5.02 Å². The van der Waals surface area contributed by atoms with Crippen molar-refractivity contribution in [2.75, 3.05) is 0 Å². The molecule has 0 aliphatic carbocycles. The van der Waals surface area contributed by atoms with Gasteiger partial charge in [0.15, 0.2) is 0 Å². The third-order valence-electron chi connectivity index (χ3n) is 1.99. The Labute approximate surface area is 71.6 Å². The standard InChI is InChI=1S/C9H11ClO/c1-5-4-8(10)6(2)7(3)9(5)11/h4,11H,1-3H3. The molecule has 1 N–H and O–H groups in total. The SMILES string of the molecule is Cc1cc(Cl)c(C)c(C)c1O. The fraction of sp³-hybridized carbons (Fsp3) is 0.333. The van der Waals surface area contributed by atoms with Crippen LogP contribution in [0.25, 0.3) is 0 Å². The van der Waals surface area contributed by atoms with Gasteiger partial charge in [-0.1, -0.05) is 11.6 Å². The molecule has 0 bridgehead atoms. The number of phenols is 1. The van der Waals surface area contributed by atoms with E-state index >= 15 is 0 Å². The molecule has 0 radical (unpaired) electrons. The Bertz CT molecular complexity index is 266. The van der Waals surface area contributed by atoms with Gasteiger partial charge in [-0.05, 0) is 43.5 Å². The summed E-state index contributed by atoms with van der Waals surface area (Å²) in [6.45, 7) is 5.61. The molecule has 1 aromatic rings. The van der Waals surface area contributed by atoms with Gasteiger partial charge in [-0.25, -0.2) is 0 Å². The monoisotopic (exact) mass is 170 g/mol. The van der Waals surface area contributed by atoms with Gasteiger partial charge in [0.2, 0.25) is 0 Å². The third kappa shape index (κ3) is 1.33. The van der Waals surface area contributed by atoms with Gasteiger partial charge in [0, 0.05) is 5.02 Å². The minimum absolute atomic E-state index is 0.354.